The molecule has 6 aromatic rings. The van der Waals surface area contributed by atoms with Gasteiger partial charge in [0.2, 0.25) is 0 Å². The first kappa shape index (κ1) is 29.8. The van der Waals surface area contributed by atoms with Gasteiger partial charge in [-0.1, -0.05) is 99.1 Å². The Balaban J connectivity index is 0.000000202. The summed E-state index contributed by atoms with van der Waals surface area (Å²) < 4.78 is 0. The molecule has 0 radical (unpaired) electrons. The Morgan fingerprint density at radius 2 is 1.34 bits per heavy atom. The van der Waals surface area contributed by atoms with Crippen LogP contribution in [0.25, 0.3) is 43.8 Å². The molecule has 4 heteroatoms. The van der Waals surface area contributed by atoms with E-state index in [1.807, 2.05) is 0 Å². The van der Waals surface area contributed by atoms with Crippen molar-refractivity contribution >= 4 is 40.1 Å². The molecule has 1 heterocycles. The maximum Gasteiger partial charge on any atom is 4.00 e. The summed E-state index contributed by atoms with van der Waals surface area (Å²) in [4.78, 5) is 0. The van der Waals surface area contributed by atoms with Gasteiger partial charge in [0.05, 0.1) is 0 Å². The van der Waals surface area contributed by atoms with Gasteiger partial charge < -0.3 is 9.41 Å². The van der Waals surface area contributed by atoms with Crippen LogP contribution in [0.2, 0.25) is 0 Å². The fourth-order valence-electron chi connectivity index (χ4n) is 5.28. The van der Waals surface area contributed by atoms with Crippen LogP contribution in [-0.2, 0) is 25.8 Å². The Hall–Kier alpha value is -2.74. The molecule has 0 N–H and O–H groups in total. The summed E-state index contributed by atoms with van der Waals surface area (Å²) >= 11 is 0. The molecular formula is C34H29F2HfP. The van der Waals surface area contributed by atoms with Gasteiger partial charge in [-0.05, 0) is 29.0 Å². The minimum absolute atomic E-state index is 0. The van der Waals surface area contributed by atoms with Gasteiger partial charge in [-0.25, -0.2) is 0 Å². The number of halogens is 2. The summed E-state index contributed by atoms with van der Waals surface area (Å²) in [5.74, 6) is 0. The van der Waals surface area contributed by atoms with E-state index < -0.39 is 0 Å². The third-order valence-corrected chi connectivity index (χ3v) is 9.65. The van der Waals surface area contributed by atoms with Crippen LogP contribution < -0.4 is 20.0 Å². The van der Waals surface area contributed by atoms with Crippen LogP contribution in [0.3, 0.4) is 0 Å². The maximum atomic E-state index is 2.45. The van der Waals surface area contributed by atoms with Crippen molar-refractivity contribution in [1.29, 1.82) is 0 Å². The van der Waals surface area contributed by atoms with Crippen LogP contribution >= 0.6 is 7.92 Å². The molecular weight excluding hydrogens is 656 g/mol. The van der Waals surface area contributed by atoms with E-state index >= 15 is 0 Å². The van der Waals surface area contributed by atoms with Crippen molar-refractivity contribution in [2.24, 2.45) is 0 Å². The third kappa shape index (κ3) is 5.65. The fraction of sp³-hybridized carbons (Fsp3) is 0.118. The van der Waals surface area contributed by atoms with Crippen molar-refractivity contribution in [3.05, 3.63) is 121 Å². The van der Waals surface area contributed by atoms with E-state index in [9.17, 15) is 0 Å². The number of hydrogen-bond acceptors (Lipinski definition) is 0. The number of fused-ring (bicyclic) bond motifs is 4. The second-order valence-electron chi connectivity index (χ2n) is 9.24. The maximum absolute atomic E-state index is 2.45. The molecule has 6 aromatic carbocycles. The van der Waals surface area contributed by atoms with Crippen molar-refractivity contribution in [1.82, 2.24) is 0 Å². The Labute approximate surface area is 243 Å². The number of rotatable bonds is 4. The van der Waals surface area contributed by atoms with Crippen molar-refractivity contribution in [2.45, 2.75) is 19.8 Å². The zero-order valence-electron chi connectivity index (χ0n) is 21.4. The topological polar surface area (TPSA) is 0 Å². The molecule has 1 atom stereocenters. The number of benzene rings is 4. The minimum Gasteiger partial charge on any atom is -1.00 e. The van der Waals surface area contributed by atoms with Crippen LogP contribution in [0.15, 0.2) is 121 Å². The Bertz CT molecular complexity index is 1600. The Kier molecular flexibility index (Phi) is 10.5. The summed E-state index contributed by atoms with van der Waals surface area (Å²) in [6.07, 6.45) is 3.93. The molecule has 38 heavy (non-hydrogen) atoms. The Morgan fingerprint density at radius 1 is 0.658 bits per heavy atom. The largest absolute Gasteiger partial charge is 4.00 e. The fourth-order valence-corrected chi connectivity index (χ4v) is 8.02. The first-order chi connectivity index (χ1) is 17.3. The zero-order chi connectivity index (χ0) is 23.6. The van der Waals surface area contributed by atoms with Crippen molar-refractivity contribution in [3.8, 4) is 22.3 Å². The molecule has 1 aliphatic rings. The number of unbranched alkanes of at least 4 members (excludes halogenated alkanes) is 1. The minimum atomic E-state index is -0.178. The molecule has 0 aliphatic carbocycles. The average Bonchev–Trinajstić information content (AvgIpc) is 3.54. The van der Waals surface area contributed by atoms with Gasteiger partial charge in [0.25, 0.3) is 0 Å². The summed E-state index contributed by atoms with van der Waals surface area (Å²) in [6.45, 7) is 2.29. The first-order valence-corrected chi connectivity index (χ1v) is 14.1. The molecule has 0 aromatic heterocycles. The van der Waals surface area contributed by atoms with Gasteiger partial charge in [-0.2, -0.15) is 18.2 Å². The van der Waals surface area contributed by atoms with E-state index in [0.29, 0.717) is 0 Å². The predicted octanol–water partition coefficient (Wildman–Crippen LogP) is 3.00. The van der Waals surface area contributed by atoms with Gasteiger partial charge in [-0.15, -0.1) is 63.2 Å². The van der Waals surface area contributed by atoms with Gasteiger partial charge in [0.15, 0.2) is 0 Å². The summed E-state index contributed by atoms with van der Waals surface area (Å²) in [5.41, 5.74) is 5.49. The predicted molar refractivity (Wildman–Crippen MR) is 156 cm³/mol. The molecule has 0 amide bonds. The molecule has 2 bridgehead atoms. The molecule has 0 fully saturated rings. The summed E-state index contributed by atoms with van der Waals surface area (Å²) in [6, 6.07) is 44.1. The first-order valence-electron chi connectivity index (χ1n) is 12.6. The van der Waals surface area contributed by atoms with Gasteiger partial charge in [0.1, 0.15) is 0 Å². The van der Waals surface area contributed by atoms with E-state index in [4.69, 9.17) is 0 Å². The van der Waals surface area contributed by atoms with Crippen molar-refractivity contribution in [3.63, 3.8) is 0 Å². The molecule has 0 saturated heterocycles. The van der Waals surface area contributed by atoms with E-state index in [0.717, 1.165) is 0 Å². The second kappa shape index (κ2) is 13.4. The van der Waals surface area contributed by atoms with Crippen LogP contribution in [0, 0.1) is 0 Å². The normalized spacial score (nSPS) is 12.8. The van der Waals surface area contributed by atoms with Crippen molar-refractivity contribution in [2.75, 3.05) is 6.16 Å². The molecule has 1 unspecified atom stereocenters. The molecule has 0 spiro atoms. The molecule has 7 rings (SSSR count). The quantitative estimate of drug-likeness (QED) is 0.152. The van der Waals surface area contributed by atoms with E-state index in [1.54, 1.807) is 10.6 Å². The Morgan fingerprint density at radius 3 is 2.13 bits per heavy atom. The smallest absolute Gasteiger partial charge is 1.00 e. The SMILES string of the molecule is CCCCP1c2cc3c(cccc3[cH-]2)-c2ccccc21.[F-].[F-].[Hf+4].c1ccc(-c2cccc3[cH-]ccc23)cc1. The monoisotopic (exact) mass is 686 g/mol. The van der Waals surface area contributed by atoms with Crippen molar-refractivity contribution < 1.29 is 35.3 Å². The van der Waals surface area contributed by atoms with E-state index in [-0.39, 0.29) is 43.2 Å². The van der Waals surface area contributed by atoms with Crippen LogP contribution in [0.1, 0.15) is 19.8 Å². The van der Waals surface area contributed by atoms with E-state index in [1.165, 1.54) is 62.8 Å². The van der Waals surface area contributed by atoms with Gasteiger partial charge in [0, 0.05) is 0 Å². The third-order valence-electron chi connectivity index (χ3n) is 7.03. The van der Waals surface area contributed by atoms with Gasteiger partial charge >= 0.3 is 25.8 Å². The van der Waals surface area contributed by atoms with Crippen LogP contribution in [0.5, 0.6) is 0 Å². The summed E-state index contributed by atoms with van der Waals surface area (Å²) in [5, 5.41) is 8.66. The zero-order valence-corrected chi connectivity index (χ0v) is 25.9. The van der Waals surface area contributed by atoms with Gasteiger partial charge in [-0.3, -0.25) is 0 Å². The summed E-state index contributed by atoms with van der Waals surface area (Å²) in [7, 11) is -0.178. The molecule has 1 aliphatic heterocycles. The second-order valence-corrected chi connectivity index (χ2v) is 11.5. The number of hydrogen-bond donors (Lipinski definition) is 0. The molecule has 0 saturated carbocycles. The van der Waals surface area contributed by atoms with E-state index in [2.05, 4.69) is 128 Å². The molecule has 188 valence electrons. The standard InChI is InChI=1S/C19H18P.C15H11.2FH.Hf/c1-2-3-11-20-15-12-14-7-6-9-16(18(14)13-15)17-8-4-5-10-19(17)20;1-2-6-12(7-3-1)14-10-4-8-13-9-5-11-15(13)14;;;/h4-10,12-13H,2-3,11H2,1H3;1-11H;2*1H;/q2*-1;;;+4/p-2. The van der Waals surface area contributed by atoms with Crippen LogP contribution in [-0.4, -0.2) is 6.16 Å². The average molecular weight is 685 g/mol. The molecule has 0 nitrogen and oxygen atoms in total. The van der Waals surface area contributed by atoms with Crippen LogP contribution in [0.4, 0.5) is 0 Å².